The van der Waals surface area contributed by atoms with Gasteiger partial charge in [-0.1, -0.05) is 38.4 Å². The molecule has 0 bridgehead atoms. The molecular formula is C12H13ClFN. The summed E-state index contributed by atoms with van der Waals surface area (Å²) in [6, 6.07) is 3.68. The predicted molar refractivity (Wildman–Crippen MR) is 62.0 cm³/mol. The van der Waals surface area contributed by atoms with Crippen molar-refractivity contribution in [3.63, 3.8) is 0 Å². The van der Waals surface area contributed by atoms with Crippen LogP contribution in [0.5, 0.6) is 0 Å². The van der Waals surface area contributed by atoms with Gasteiger partial charge in [-0.05, 0) is 17.0 Å². The Labute approximate surface area is 93.3 Å². The Morgan fingerprint density at radius 2 is 1.93 bits per heavy atom. The van der Waals surface area contributed by atoms with Gasteiger partial charge in [0.1, 0.15) is 5.82 Å². The largest absolute Gasteiger partial charge is 0.360 e. The number of nitrogens with one attached hydrogen (secondary N) is 1. The molecule has 2 aromatic rings. The van der Waals surface area contributed by atoms with Gasteiger partial charge in [-0.25, -0.2) is 4.39 Å². The summed E-state index contributed by atoms with van der Waals surface area (Å²) >= 11 is 5.93. The number of halogens is 2. The van der Waals surface area contributed by atoms with E-state index in [2.05, 4.69) is 4.98 Å². The number of aromatic nitrogens is 1. The minimum absolute atomic E-state index is 0.209. The van der Waals surface area contributed by atoms with Crippen LogP contribution in [0.25, 0.3) is 10.9 Å². The van der Waals surface area contributed by atoms with Crippen LogP contribution in [-0.2, 0) is 5.41 Å². The lowest BCUT2D eigenvalue weighted by molar-refractivity contribution is 0.529. The Morgan fingerprint density at radius 3 is 2.53 bits per heavy atom. The Balaban J connectivity index is 2.80. The van der Waals surface area contributed by atoms with E-state index >= 15 is 0 Å². The highest BCUT2D eigenvalue weighted by molar-refractivity contribution is 6.35. The van der Waals surface area contributed by atoms with Crippen LogP contribution in [0.2, 0.25) is 5.02 Å². The first-order valence-corrected chi connectivity index (χ1v) is 5.24. The molecule has 0 spiro atoms. The van der Waals surface area contributed by atoms with Gasteiger partial charge in [0.05, 0.1) is 10.4 Å². The van der Waals surface area contributed by atoms with E-state index < -0.39 is 0 Å². The Bertz CT molecular complexity index is 508. The predicted octanol–water partition coefficient (Wildman–Crippen LogP) is 4.26. The molecule has 1 aromatic heterocycles. The molecule has 0 radical (unpaired) electrons. The minimum Gasteiger partial charge on any atom is -0.360 e. The summed E-state index contributed by atoms with van der Waals surface area (Å²) in [5, 5.41) is 0.928. The number of H-pyrrole nitrogens is 1. The first-order valence-electron chi connectivity index (χ1n) is 4.87. The quantitative estimate of drug-likeness (QED) is 0.690. The normalized spacial score (nSPS) is 12.3. The van der Waals surface area contributed by atoms with E-state index in [0.29, 0.717) is 16.0 Å². The molecule has 0 atom stereocenters. The Hall–Kier alpha value is -1.02. The molecule has 0 saturated heterocycles. The second kappa shape index (κ2) is 3.24. The Kier molecular flexibility index (Phi) is 2.27. The molecule has 0 aliphatic rings. The van der Waals surface area contributed by atoms with Crippen molar-refractivity contribution in [1.82, 2.24) is 4.98 Å². The van der Waals surface area contributed by atoms with E-state index in [9.17, 15) is 4.39 Å². The van der Waals surface area contributed by atoms with Crippen molar-refractivity contribution in [1.29, 1.82) is 0 Å². The highest BCUT2D eigenvalue weighted by atomic mass is 35.5. The monoisotopic (exact) mass is 225 g/mol. The number of fused-ring (bicyclic) bond motifs is 1. The fourth-order valence-electron chi connectivity index (χ4n) is 1.72. The summed E-state index contributed by atoms with van der Waals surface area (Å²) in [5.41, 5.74) is 1.22. The molecule has 0 saturated carbocycles. The summed E-state index contributed by atoms with van der Waals surface area (Å²) in [5.74, 6) is -0.216. The molecule has 0 aliphatic heterocycles. The lowest BCUT2D eigenvalue weighted by atomic mass is 9.86. The highest BCUT2D eigenvalue weighted by Gasteiger charge is 2.21. The summed E-state index contributed by atoms with van der Waals surface area (Å²) in [6.07, 6.45) is 1.61. The zero-order chi connectivity index (χ0) is 11.2. The second-order valence-electron chi connectivity index (χ2n) is 4.74. The summed E-state index contributed by atoms with van der Waals surface area (Å²) in [7, 11) is 0. The van der Waals surface area contributed by atoms with Crippen LogP contribution in [0.4, 0.5) is 4.39 Å². The molecule has 0 fully saturated rings. The molecule has 0 amide bonds. The van der Waals surface area contributed by atoms with Crippen LogP contribution < -0.4 is 0 Å². The van der Waals surface area contributed by atoms with Crippen LogP contribution >= 0.6 is 11.6 Å². The van der Waals surface area contributed by atoms with Crippen molar-refractivity contribution < 1.29 is 4.39 Å². The van der Waals surface area contributed by atoms with Gasteiger partial charge in [-0.3, -0.25) is 0 Å². The van der Waals surface area contributed by atoms with E-state index in [-0.39, 0.29) is 11.2 Å². The lowest BCUT2D eigenvalue weighted by Crippen LogP contribution is -2.13. The number of hydrogen-bond donors (Lipinski definition) is 1. The first kappa shape index (κ1) is 10.5. The third-order valence-electron chi connectivity index (χ3n) is 2.54. The maximum absolute atomic E-state index is 14.2. The SMILES string of the molecule is CC(C)(C)c1ccc2[nH]cc(Cl)c2c1F. The van der Waals surface area contributed by atoms with Crippen molar-refractivity contribution >= 4 is 22.5 Å². The third-order valence-corrected chi connectivity index (χ3v) is 2.84. The molecule has 15 heavy (non-hydrogen) atoms. The van der Waals surface area contributed by atoms with Gasteiger partial charge in [0, 0.05) is 11.7 Å². The fraction of sp³-hybridized carbons (Fsp3) is 0.333. The van der Waals surface area contributed by atoms with Crippen LogP contribution in [0.3, 0.4) is 0 Å². The molecule has 1 heterocycles. The van der Waals surface area contributed by atoms with E-state index in [4.69, 9.17) is 11.6 Å². The minimum atomic E-state index is -0.216. The molecule has 1 aromatic carbocycles. The van der Waals surface area contributed by atoms with Crippen molar-refractivity contribution in [2.45, 2.75) is 26.2 Å². The van der Waals surface area contributed by atoms with E-state index in [1.165, 1.54) is 0 Å². The smallest absolute Gasteiger partial charge is 0.137 e. The van der Waals surface area contributed by atoms with Gasteiger partial charge in [0.25, 0.3) is 0 Å². The number of hydrogen-bond acceptors (Lipinski definition) is 0. The van der Waals surface area contributed by atoms with Crippen LogP contribution in [0, 0.1) is 5.82 Å². The van der Waals surface area contributed by atoms with Gasteiger partial charge < -0.3 is 4.98 Å². The third kappa shape index (κ3) is 1.63. The van der Waals surface area contributed by atoms with Crippen molar-refractivity contribution in [2.75, 3.05) is 0 Å². The van der Waals surface area contributed by atoms with Gasteiger partial charge in [0.2, 0.25) is 0 Å². The van der Waals surface area contributed by atoms with Crippen LogP contribution in [-0.4, -0.2) is 4.98 Å². The first-order chi connectivity index (χ1) is 6.91. The zero-order valence-electron chi connectivity index (χ0n) is 8.99. The topological polar surface area (TPSA) is 15.8 Å². The maximum atomic E-state index is 14.2. The summed E-state index contributed by atoms with van der Waals surface area (Å²) in [4.78, 5) is 2.94. The van der Waals surface area contributed by atoms with E-state index in [1.807, 2.05) is 32.9 Å². The van der Waals surface area contributed by atoms with Crippen LogP contribution in [0.15, 0.2) is 18.3 Å². The van der Waals surface area contributed by atoms with Gasteiger partial charge >= 0.3 is 0 Å². The molecule has 2 rings (SSSR count). The maximum Gasteiger partial charge on any atom is 0.137 e. The average molecular weight is 226 g/mol. The van der Waals surface area contributed by atoms with Gasteiger partial charge in [-0.15, -0.1) is 0 Å². The highest BCUT2D eigenvalue weighted by Crippen LogP contribution is 2.33. The molecule has 3 heteroatoms. The number of aromatic amines is 1. The molecule has 1 nitrogen and oxygen atoms in total. The van der Waals surface area contributed by atoms with Gasteiger partial charge in [0.15, 0.2) is 0 Å². The number of rotatable bonds is 0. The van der Waals surface area contributed by atoms with E-state index in [1.54, 1.807) is 6.20 Å². The molecular weight excluding hydrogens is 213 g/mol. The fourth-order valence-corrected chi connectivity index (χ4v) is 1.96. The second-order valence-corrected chi connectivity index (χ2v) is 5.14. The molecule has 0 aliphatic carbocycles. The average Bonchev–Trinajstić information content (AvgIpc) is 2.46. The van der Waals surface area contributed by atoms with Crippen molar-refractivity contribution in [3.8, 4) is 0 Å². The van der Waals surface area contributed by atoms with Crippen LogP contribution in [0.1, 0.15) is 26.3 Å². The van der Waals surface area contributed by atoms with Gasteiger partial charge in [-0.2, -0.15) is 0 Å². The molecule has 0 unspecified atom stereocenters. The Morgan fingerprint density at radius 1 is 1.27 bits per heavy atom. The number of benzene rings is 1. The van der Waals surface area contributed by atoms with E-state index in [0.717, 1.165) is 5.52 Å². The van der Waals surface area contributed by atoms with Crippen molar-refractivity contribution in [3.05, 3.63) is 34.7 Å². The lowest BCUT2D eigenvalue weighted by Gasteiger charge is -2.20. The summed E-state index contributed by atoms with van der Waals surface area (Å²) in [6.45, 7) is 5.95. The molecule has 1 N–H and O–H groups in total. The zero-order valence-corrected chi connectivity index (χ0v) is 9.74. The standard InChI is InChI=1S/C12H13ClFN/c1-12(2,3)7-4-5-9-10(11(7)14)8(13)6-15-9/h4-6,15H,1-3H3. The van der Waals surface area contributed by atoms with Crippen molar-refractivity contribution in [2.24, 2.45) is 0 Å². The molecule has 80 valence electrons. The summed E-state index contributed by atoms with van der Waals surface area (Å²) < 4.78 is 14.2.